The first-order valence-corrected chi connectivity index (χ1v) is 7.24. The number of rotatable bonds is 6. The lowest BCUT2D eigenvalue weighted by Crippen LogP contribution is -2.24. The van der Waals surface area contributed by atoms with E-state index in [0.717, 1.165) is 17.1 Å². The van der Waals surface area contributed by atoms with E-state index in [1.165, 1.54) is 0 Å². The van der Waals surface area contributed by atoms with Gasteiger partial charge in [0.1, 0.15) is 11.6 Å². The normalized spacial score (nSPS) is 10.1. The fourth-order valence-electron chi connectivity index (χ4n) is 2.12. The van der Waals surface area contributed by atoms with Gasteiger partial charge in [0.25, 0.3) is 5.91 Å². The van der Waals surface area contributed by atoms with Crippen molar-refractivity contribution in [3.63, 3.8) is 0 Å². The van der Waals surface area contributed by atoms with Crippen LogP contribution in [0, 0.1) is 0 Å². The quantitative estimate of drug-likeness (QED) is 0.890. The molecule has 0 aliphatic heterocycles. The minimum absolute atomic E-state index is 0.114. The first kappa shape index (κ1) is 15.8. The molecule has 0 radical (unpaired) electrons. The Kier molecular flexibility index (Phi) is 5.36. The molecule has 1 aromatic heterocycles. The molecular formula is C17H21N3O2. The number of ether oxygens (including phenoxy) is 1. The summed E-state index contributed by atoms with van der Waals surface area (Å²) in [5, 5.41) is 2.92. The molecule has 1 aromatic carbocycles. The van der Waals surface area contributed by atoms with Gasteiger partial charge in [0.15, 0.2) is 0 Å². The maximum Gasteiger partial charge on any atom is 0.251 e. The molecule has 2 rings (SSSR count). The maximum atomic E-state index is 12.2. The Labute approximate surface area is 130 Å². The average molecular weight is 299 g/mol. The van der Waals surface area contributed by atoms with Crippen LogP contribution in [0.4, 0.5) is 5.82 Å². The van der Waals surface area contributed by atoms with Gasteiger partial charge in [0.2, 0.25) is 0 Å². The lowest BCUT2D eigenvalue weighted by atomic mass is 10.2. The highest BCUT2D eigenvalue weighted by Crippen LogP contribution is 2.15. The van der Waals surface area contributed by atoms with Crippen LogP contribution < -0.4 is 15.0 Å². The molecule has 0 saturated heterocycles. The van der Waals surface area contributed by atoms with Crippen LogP contribution in [0.25, 0.3) is 0 Å². The summed E-state index contributed by atoms with van der Waals surface area (Å²) in [5.41, 5.74) is 1.59. The topological polar surface area (TPSA) is 54.5 Å². The number of carbonyl (C=O) groups is 1. The third-order valence-electron chi connectivity index (χ3n) is 3.16. The fourth-order valence-corrected chi connectivity index (χ4v) is 2.12. The Hall–Kier alpha value is -2.56. The number of hydrogen-bond donors (Lipinski definition) is 1. The third kappa shape index (κ3) is 3.97. The summed E-state index contributed by atoms with van der Waals surface area (Å²) < 4.78 is 5.37. The Morgan fingerprint density at radius 1 is 1.23 bits per heavy atom. The lowest BCUT2D eigenvalue weighted by molar-refractivity contribution is 0.0951. The number of hydrogen-bond acceptors (Lipinski definition) is 4. The van der Waals surface area contributed by atoms with Crippen molar-refractivity contribution in [2.75, 3.05) is 25.6 Å². The van der Waals surface area contributed by atoms with E-state index in [4.69, 9.17) is 4.74 Å². The number of benzene rings is 1. The van der Waals surface area contributed by atoms with Crippen molar-refractivity contribution in [1.29, 1.82) is 0 Å². The highest BCUT2D eigenvalue weighted by atomic mass is 16.5. The number of nitrogens with zero attached hydrogens (tertiary/aromatic N) is 2. The second kappa shape index (κ2) is 7.45. The van der Waals surface area contributed by atoms with Crippen LogP contribution in [0.5, 0.6) is 5.75 Å². The van der Waals surface area contributed by atoms with Crippen LogP contribution in [-0.4, -0.2) is 31.6 Å². The summed E-state index contributed by atoms with van der Waals surface area (Å²) >= 11 is 0. The molecule has 22 heavy (non-hydrogen) atoms. The maximum absolute atomic E-state index is 12.2. The summed E-state index contributed by atoms with van der Waals surface area (Å²) in [7, 11) is 3.86. The van der Waals surface area contributed by atoms with Gasteiger partial charge in [-0.05, 0) is 37.3 Å². The molecule has 0 bridgehead atoms. The molecule has 116 valence electrons. The zero-order valence-electron chi connectivity index (χ0n) is 13.2. The molecule has 5 heteroatoms. The average Bonchev–Trinajstić information content (AvgIpc) is 2.54. The molecule has 0 atom stereocenters. The summed E-state index contributed by atoms with van der Waals surface area (Å²) in [6.45, 7) is 2.98. The zero-order valence-corrected chi connectivity index (χ0v) is 13.2. The van der Waals surface area contributed by atoms with Crippen LogP contribution in [0.3, 0.4) is 0 Å². The monoisotopic (exact) mass is 299 g/mol. The summed E-state index contributed by atoms with van der Waals surface area (Å²) in [6.07, 6.45) is 1.74. The van der Waals surface area contributed by atoms with Gasteiger partial charge < -0.3 is 15.0 Å². The summed E-state index contributed by atoms with van der Waals surface area (Å²) in [6, 6.07) is 10.9. The molecule has 0 spiro atoms. The first-order chi connectivity index (χ1) is 10.6. The van der Waals surface area contributed by atoms with E-state index >= 15 is 0 Å². The second-order valence-electron chi connectivity index (χ2n) is 5.02. The number of nitrogens with one attached hydrogen (secondary N) is 1. The third-order valence-corrected chi connectivity index (χ3v) is 3.16. The molecule has 0 saturated carbocycles. The van der Waals surface area contributed by atoms with E-state index in [1.54, 1.807) is 30.5 Å². The van der Waals surface area contributed by atoms with Gasteiger partial charge in [-0.15, -0.1) is 0 Å². The molecule has 1 heterocycles. The molecule has 2 aromatic rings. The van der Waals surface area contributed by atoms with Crippen LogP contribution in [-0.2, 0) is 6.54 Å². The molecule has 0 unspecified atom stereocenters. The standard InChI is InChI=1S/C17H21N3O2/c1-4-22-15-9-7-13(8-10-15)17(21)19-12-14-6-5-11-18-16(14)20(2)3/h5-11H,4,12H2,1-3H3,(H,19,21). The Bertz CT molecular complexity index is 624. The molecular weight excluding hydrogens is 278 g/mol. The molecule has 0 aliphatic rings. The van der Waals surface area contributed by atoms with Crippen molar-refractivity contribution in [2.24, 2.45) is 0 Å². The van der Waals surface area contributed by atoms with Crippen LogP contribution in [0.1, 0.15) is 22.8 Å². The van der Waals surface area contributed by atoms with Crippen molar-refractivity contribution >= 4 is 11.7 Å². The largest absolute Gasteiger partial charge is 0.494 e. The van der Waals surface area contributed by atoms with E-state index in [-0.39, 0.29) is 5.91 Å². The minimum Gasteiger partial charge on any atom is -0.494 e. The van der Waals surface area contributed by atoms with Crippen molar-refractivity contribution in [3.8, 4) is 5.75 Å². The highest BCUT2D eigenvalue weighted by molar-refractivity contribution is 5.94. The molecule has 0 aliphatic carbocycles. The number of carbonyl (C=O) groups excluding carboxylic acids is 1. The number of aromatic nitrogens is 1. The Morgan fingerprint density at radius 3 is 2.59 bits per heavy atom. The second-order valence-corrected chi connectivity index (χ2v) is 5.02. The number of amides is 1. The molecule has 1 amide bonds. The SMILES string of the molecule is CCOc1ccc(C(=O)NCc2cccnc2N(C)C)cc1. The highest BCUT2D eigenvalue weighted by Gasteiger charge is 2.09. The number of anilines is 1. The van der Waals surface area contributed by atoms with Gasteiger partial charge in [0.05, 0.1) is 6.61 Å². The van der Waals surface area contributed by atoms with Crippen LogP contribution >= 0.6 is 0 Å². The van der Waals surface area contributed by atoms with E-state index in [1.807, 2.05) is 38.1 Å². The van der Waals surface area contributed by atoms with Crippen molar-refractivity contribution in [3.05, 3.63) is 53.7 Å². The zero-order chi connectivity index (χ0) is 15.9. The molecule has 1 N–H and O–H groups in total. The fraction of sp³-hybridized carbons (Fsp3) is 0.294. The van der Waals surface area contributed by atoms with E-state index < -0.39 is 0 Å². The van der Waals surface area contributed by atoms with Crippen LogP contribution in [0.15, 0.2) is 42.6 Å². The Morgan fingerprint density at radius 2 is 1.95 bits per heavy atom. The number of pyridine rings is 1. The summed E-state index contributed by atoms with van der Waals surface area (Å²) in [5.74, 6) is 1.51. The molecule has 5 nitrogen and oxygen atoms in total. The predicted octanol–water partition coefficient (Wildman–Crippen LogP) is 2.48. The van der Waals surface area contributed by atoms with Gasteiger partial charge >= 0.3 is 0 Å². The summed E-state index contributed by atoms with van der Waals surface area (Å²) in [4.78, 5) is 18.4. The molecule has 0 fully saturated rings. The Balaban J connectivity index is 2.01. The van der Waals surface area contributed by atoms with Crippen LogP contribution in [0.2, 0.25) is 0 Å². The van der Waals surface area contributed by atoms with Gasteiger partial charge in [-0.25, -0.2) is 4.98 Å². The minimum atomic E-state index is -0.114. The van der Waals surface area contributed by atoms with E-state index in [2.05, 4.69) is 10.3 Å². The lowest BCUT2D eigenvalue weighted by Gasteiger charge is -2.16. The van der Waals surface area contributed by atoms with E-state index in [9.17, 15) is 4.79 Å². The van der Waals surface area contributed by atoms with Crippen molar-refractivity contribution < 1.29 is 9.53 Å². The van der Waals surface area contributed by atoms with E-state index in [0.29, 0.717) is 18.7 Å². The first-order valence-electron chi connectivity index (χ1n) is 7.24. The predicted molar refractivity (Wildman–Crippen MR) is 87.3 cm³/mol. The van der Waals surface area contributed by atoms with Gasteiger partial charge in [-0.1, -0.05) is 6.07 Å². The van der Waals surface area contributed by atoms with Crippen molar-refractivity contribution in [1.82, 2.24) is 10.3 Å². The smallest absolute Gasteiger partial charge is 0.251 e. The van der Waals surface area contributed by atoms with Gasteiger partial charge in [-0.2, -0.15) is 0 Å². The van der Waals surface area contributed by atoms with Gasteiger partial charge in [0, 0.05) is 38.0 Å². The van der Waals surface area contributed by atoms with Crippen molar-refractivity contribution in [2.45, 2.75) is 13.5 Å². The van der Waals surface area contributed by atoms with Gasteiger partial charge in [-0.3, -0.25) is 4.79 Å².